The summed E-state index contributed by atoms with van der Waals surface area (Å²) in [6.07, 6.45) is 1.57. The normalized spacial score (nSPS) is 16.2. The molecule has 1 aromatic heterocycles. The topological polar surface area (TPSA) is 75.2 Å². The van der Waals surface area contributed by atoms with Crippen molar-refractivity contribution < 1.29 is 14.0 Å². The molecule has 0 spiro atoms. The Morgan fingerprint density at radius 2 is 1.80 bits per heavy atom. The fraction of sp³-hybridized carbons (Fsp3) is 0.478. The van der Waals surface area contributed by atoms with Crippen LogP contribution in [0, 0.1) is 25.6 Å². The van der Waals surface area contributed by atoms with Gasteiger partial charge in [0, 0.05) is 48.1 Å². The largest absolute Gasteiger partial charge is 0.342 e. The highest BCUT2D eigenvalue weighted by Crippen LogP contribution is 2.27. The van der Waals surface area contributed by atoms with Crippen molar-refractivity contribution in [3.63, 3.8) is 0 Å². The number of hydrogen-bond acceptors (Lipinski definition) is 4. The zero-order chi connectivity index (χ0) is 21.8. The van der Waals surface area contributed by atoms with Crippen LogP contribution in [0.1, 0.15) is 55.4 Å². The number of anilines is 1. The van der Waals surface area contributed by atoms with E-state index < -0.39 is 0 Å². The first kappa shape index (κ1) is 21.9. The standard InChI is InChI=1S/C23H29FN4O2/c1-14(2)11-22(30)28-10-9-17(13-28)23-25-15(3)20(16(4)26-23)12-21(29)27-19-7-5-18(24)6-8-19/h5-8,14,17H,9-13H2,1-4H3,(H,27,29)/t17-/m0/s1. The van der Waals surface area contributed by atoms with E-state index in [1.165, 1.54) is 24.3 Å². The maximum Gasteiger partial charge on any atom is 0.228 e. The number of aryl methyl sites for hydroxylation is 2. The van der Waals surface area contributed by atoms with Gasteiger partial charge in [0.2, 0.25) is 11.8 Å². The molecule has 1 fully saturated rings. The zero-order valence-electron chi connectivity index (χ0n) is 18.0. The second kappa shape index (κ2) is 9.32. The third kappa shape index (κ3) is 5.40. The number of carbonyl (C=O) groups is 2. The van der Waals surface area contributed by atoms with Crippen molar-refractivity contribution in [2.24, 2.45) is 5.92 Å². The Labute approximate surface area is 176 Å². The minimum absolute atomic E-state index is 0.126. The van der Waals surface area contributed by atoms with Crippen LogP contribution in [-0.2, 0) is 16.0 Å². The molecule has 7 heteroatoms. The third-order valence-corrected chi connectivity index (χ3v) is 5.39. The molecular weight excluding hydrogens is 383 g/mol. The molecule has 0 radical (unpaired) electrons. The van der Waals surface area contributed by atoms with Gasteiger partial charge in [0.05, 0.1) is 6.42 Å². The fourth-order valence-corrected chi connectivity index (χ4v) is 3.78. The van der Waals surface area contributed by atoms with Crippen molar-refractivity contribution in [3.8, 4) is 0 Å². The maximum atomic E-state index is 13.0. The Hall–Kier alpha value is -2.83. The van der Waals surface area contributed by atoms with E-state index in [0.717, 1.165) is 35.7 Å². The van der Waals surface area contributed by atoms with E-state index in [1.54, 1.807) is 0 Å². The van der Waals surface area contributed by atoms with Crippen molar-refractivity contribution in [2.75, 3.05) is 18.4 Å². The zero-order valence-corrected chi connectivity index (χ0v) is 18.0. The molecule has 0 bridgehead atoms. The van der Waals surface area contributed by atoms with Gasteiger partial charge in [-0.3, -0.25) is 9.59 Å². The highest BCUT2D eigenvalue weighted by molar-refractivity contribution is 5.92. The average Bonchev–Trinajstić information content (AvgIpc) is 3.16. The lowest BCUT2D eigenvalue weighted by molar-refractivity contribution is -0.130. The molecule has 2 amide bonds. The molecule has 1 saturated heterocycles. The summed E-state index contributed by atoms with van der Waals surface area (Å²) in [7, 11) is 0. The predicted molar refractivity (Wildman–Crippen MR) is 114 cm³/mol. The molecule has 3 rings (SSSR count). The van der Waals surface area contributed by atoms with Gasteiger partial charge in [-0.2, -0.15) is 0 Å². The van der Waals surface area contributed by atoms with Crippen molar-refractivity contribution >= 4 is 17.5 Å². The van der Waals surface area contributed by atoms with Gasteiger partial charge in [-0.05, 0) is 50.5 Å². The summed E-state index contributed by atoms with van der Waals surface area (Å²) in [5.74, 6) is 0.858. The molecule has 1 atom stereocenters. The molecular formula is C23H29FN4O2. The van der Waals surface area contributed by atoms with E-state index in [0.29, 0.717) is 24.6 Å². The minimum Gasteiger partial charge on any atom is -0.342 e. The number of likely N-dealkylation sites (tertiary alicyclic amines) is 1. The van der Waals surface area contributed by atoms with Gasteiger partial charge in [-0.1, -0.05) is 13.8 Å². The quantitative estimate of drug-likeness (QED) is 0.784. The Bertz CT molecular complexity index is 904. The lowest BCUT2D eigenvalue weighted by Gasteiger charge is -2.18. The molecule has 0 unspecified atom stereocenters. The first-order valence-electron chi connectivity index (χ1n) is 10.4. The summed E-state index contributed by atoms with van der Waals surface area (Å²) in [5, 5.41) is 2.77. The maximum absolute atomic E-state index is 13.0. The minimum atomic E-state index is -0.347. The summed E-state index contributed by atoms with van der Waals surface area (Å²) in [5.41, 5.74) is 2.90. The molecule has 1 N–H and O–H groups in total. The summed E-state index contributed by atoms with van der Waals surface area (Å²) < 4.78 is 13.0. The molecule has 6 nitrogen and oxygen atoms in total. The number of hydrogen-bond donors (Lipinski definition) is 1. The molecule has 2 heterocycles. The highest BCUT2D eigenvalue weighted by atomic mass is 19.1. The third-order valence-electron chi connectivity index (χ3n) is 5.39. The molecule has 30 heavy (non-hydrogen) atoms. The number of halogens is 1. The molecule has 0 saturated carbocycles. The van der Waals surface area contributed by atoms with Crippen LogP contribution in [0.2, 0.25) is 0 Å². The number of nitrogens with one attached hydrogen (secondary N) is 1. The molecule has 1 aromatic carbocycles. The Morgan fingerprint density at radius 1 is 1.17 bits per heavy atom. The van der Waals surface area contributed by atoms with Gasteiger partial charge in [0.25, 0.3) is 0 Å². The summed E-state index contributed by atoms with van der Waals surface area (Å²) in [4.78, 5) is 36.0. The van der Waals surface area contributed by atoms with Crippen molar-refractivity contribution in [1.29, 1.82) is 0 Å². The second-order valence-corrected chi connectivity index (χ2v) is 8.39. The van der Waals surface area contributed by atoms with Crippen LogP contribution in [-0.4, -0.2) is 39.8 Å². The second-order valence-electron chi connectivity index (χ2n) is 8.39. The molecule has 1 aliphatic rings. The Balaban J connectivity index is 1.66. The van der Waals surface area contributed by atoms with Crippen LogP contribution in [0.4, 0.5) is 10.1 Å². The molecule has 2 aromatic rings. The van der Waals surface area contributed by atoms with Gasteiger partial charge in [-0.15, -0.1) is 0 Å². The number of aromatic nitrogens is 2. The van der Waals surface area contributed by atoms with E-state index in [1.807, 2.05) is 32.6 Å². The van der Waals surface area contributed by atoms with Crippen LogP contribution in [0.15, 0.2) is 24.3 Å². The lowest BCUT2D eigenvalue weighted by atomic mass is 10.0. The van der Waals surface area contributed by atoms with Crippen LogP contribution in [0.25, 0.3) is 0 Å². The van der Waals surface area contributed by atoms with Gasteiger partial charge >= 0.3 is 0 Å². The fourth-order valence-electron chi connectivity index (χ4n) is 3.78. The summed E-state index contributed by atoms with van der Waals surface area (Å²) in [6, 6.07) is 5.67. The number of carbonyl (C=O) groups excluding carboxylic acids is 2. The molecule has 0 aliphatic carbocycles. The smallest absolute Gasteiger partial charge is 0.228 e. The van der Waals surface area contributed by atoms with E-state index in [9.17, 15) is 14.0 Å². The number of amides is 2. The number of nitrogens with zero attached hydrogens (tertiary/aromatic N) is 3. The molecule has 160 valence electrons. The molecule has 1 aliphatic heterocycles. The first-order valence-corrected chi connectivity index (χ1v) is 10.4. The lowest BCUT2D eigenvalue weighted by Crippen LogP contribution is -2.29. The van der Waals surface area contributed by atoms with Crippen molar-refractivity contribution in [2.45, 2.75) is 52.9 Å². The van der Waals surface area contributed by atoms with Gasteiger partial charge < -0.3 is 10.2 Å². The van der Waals surface area contributed by atoms with Crippen LogP contribution < -0.4 is 5.32 Å². The monoisotopic (exact) mass is 412 g/mol. The Morgan fingerprint density at radius 3 is 2.40 bits per heavy atom. The van der Waals surface area contributed by atoms with Crippen LogP contribution in [0.3, 0.4) is 0 Å². The van der Waals surface area contributed by atoms with Crippen molar-refractivity contribution in [1.82, 2.24) is 14.9 Å². The SMILES string of the molecule is Cc1nc([C@H]2CCN(C(=O)CC(C)C)C2)nc(C)c1CC(=O)Nc1ccc(F)cc1. The summed E-state index contributed by atoms with van der Waals surface area (Å²) >= 11 is 0. The van der Waals surface area contributed by atoms with Crippen molar-refractivity contribution in [3.05, 3.63) is 52.9 Å². The first-order chi connectivity index (χ1) is 14.2. The summed E-state index contributed by atoms with van der Waals surface area (Å²) in [6.45, 7) is 9.25. The van der Waals surface area contributed by atoms with Gasteiger partial charge in [0.15, 0.2) is 0 Å². The van der Waals surface area contributed by atoms with Gasteiger partial charge in [-0.25, -0.2) is 14.4 Å². The van der Waals surface area contributed by atoms with E-state index in [4.69, 9.17) is 0 Å². The predicted octanol–water partition coefficient (Wildman–Crippen LogP) is 3.78. The average molecular weight is 413 g/mol. The Kier molecular flexibility index (Phi) is 6.80. The number of benzene rings is 1. The van der Waals surface area contributed by atoms with Crippen LogP contribution in [0.5, 0.6) is 0 Å². The van der Waals surface area contributed by atoms with E-state index in [-0.39, 0.29) is 30.0 Å². The van der Waals surface area contributed by atoms with Gasteiger partial charge in [0.1, 0.15) is 11.6 Å². The highest BCUT2D eigenvalue weighted by Gasteiger charge is 2.30. The van der Waals surface area contributed by atoms with E-state index in [2.05, 4.69) is 15.3 Å². The van der Waals surface area contributed by atoms with Crippen LogP contribution >= 0.6 is 0 Å². The van der Waals surface area contributed by atoms with E-state index >= 15 is 0 Å². The number of rotatable bonds is 6.